The third-order valence-corrected chi connectivity index (χ3v) is 7.21. The molecule has 1 atom stereocenters. The summed E-state index contributed by atoms with van der Waals surface area (Å²) in [5.74, 6) is -0.436. The second kappa shape index (κ2) is 9.16. The molecule has 0 unspecified atom stereocenters. The van der Waals surface area contributed by atoms with Crippen molar-refractivity contribution in [2.24, 2.45) is 0 Å². The van der Waals surface area contributed by atoms with Crippen LogP contribution >= 0.6 is 11.3 Å². The maximum Gasteiger partial charge on any atom is 0.296 e. The Balaban J connectivity index is 1.69. The van der Waals surface area contributed by atoms with E-state index in [1.54, 1.807) is 31.2 Å². The van der Waals surface area contributed by atoms with Gasteiger partial charge in [0.05, 0.1) is 36.1 Å². The minimum Gasteiger partial charge on any atom is -0.503 e. The molecule has 1 N–H and O–H groups in total. The molecule has 1 aliphatic heterocycles. The fourth-order valence-electron chi connectivity index (χ4n) is 4.34. The van der Waals surface area contributed by atoms with Gasteiger partial charge in [0.2, 0.25) is 5.78 Å². The first kappa shape index (κ1) is 23.6. The molecule has 4 aromatic rings. The molecule has 0 aliphatic carbocycles. The predicted octanol–water partition coefficient (Wildman–Crippen LogP) is 5.56. The number of anilines is 1. The van der Waals surface area contributed by atoms with Crippen molar-refractivity contribution in [2.75, 3.05) is 19.1 Å². The topological polar surface area (TPSA) is 102 Å². The summed E-state index contributed by atoms with van der Waals surface area (Å²) in [5, 5.41) is 11.4. The molecule has 0 radical (unpaired) electrons. The first-order valence-electron chi connectivity index (χ1n) is 11.4. The molecular formula is C27H24N2O6S. The lowest BCUT2D eigenvalue weighted by atomic mass is 9.95. The van der Waals surface area contributed by atoms with E-state index in [0.717, 1.165) is 22.2 Å². The maximum atomic E-state index is 13.5. The minimum atomic E-state index is -0.957. The largest absolute Gasteiger partial charge is 0.503 e. The molecule has 36 heavy (non-hydrogen) atoms. The Morgan fingerprint density at radius 1 is 1.11 bits per heavy atom. The Labute approximate surface area is 211 Å². The summed E-state index contributed by atoms with van der Waals surface area (Å²) in [6, 6.07) is 13.3. The quantitative estimate of drug-likeness (QED) is 0.329. The van der Waals surface area contributed by atoms with Gasteiger partial charge in [0, 0.05) is 0 Å². The number of aryl methyl sites for hydroxylation is 2. The van der Waals surface area contributed by atoms with Crippen LogP contribution in [0.1, 0.15) is 40.4 Å². The van der Waals surface area contributed by atoms with E-state index in [9.17, 15) is 14.7 Å². The number of carbonyl (C=O) groups is 2. The van der Waals surface area contributed by atoms with Crippen LogP contribution in [0.3, 0.4) is 0 Å². The number of hydrogen-bond acceptors (Lipinski definition) is 8. The van der Waals surface area contributed by atoms with Crippen LogP contribution in [0.5, 0.6) is 11.5 Å². The van der Waals surface area contributed by atoms with Crippen LogP contribution in [0, 0.1) is 6.92 Å². The summed E-state index contributed by atoms with van der Waals surface area (Å²) < 4.78 is 17.3. The van der Waals surface area contributed by atoms with E-state index in [-0.39, 0.29) is 11.3 Å². The molecule has 8 nitrogen and oxygen atoms in total. The third kappa shape index (κ3) is 3.81. The van der Waals surface area contributed by atoms with Crippen molar-refractivity contribution in [3.8, 4) is 11.5 Å². The summed E-state index contributed by atoms with van der Waals surface area (Å²) in [4.78, 5) is 33.0. The van der Waals surface area contributed by atoms with E-state index in [1.807, 2.05) is 18.2 Å². The van der Waals surface area contributed by atoms with E-state index < -0.39 is 23.5 Å². The monoisotopic (exact) mass is 504 g/mol. The molecule has 0 bridgehead atoms. The highest BCUT2D eigenvalue weighted by molar-refractivity contribution is 7.22. The van der Waals surface area contributed by atoms with Crippen molar-refractivity contribution in [1.82, 2.24) is 4.98 Å². The number of benzene rings is 2. The van der Waals surface area contributed by atoms with Crippen molar-refractivity contribution < 1.29 is 28.6 Å². The van der Waals surface area contributed by atoms with Gasteiger partial charge in [-0.2, -0.15) is 0 Å². The number of fused-ring (bicyclic) bond motifs is 1. The van der Waals surface area contributed by atoms with Crippen molar-refractivity contribution in [3.05, 3.63) is 82.5 Å². The molecule has 0 saturated heterocycles. The molecule has 5 rings (SSSR count). The van der Waals surface area contributed by atoms with E-state index in [1.165, 1.54) is 36.5 Å². The molecule has 0 saturated carbocycles. The molecule has 2 aromatic heterocycles. The molecule has 1 aliphatic rings. The smallest absolute Gasteiger partial charge is 0.296 e. The minimum absolute atomic E-state index is 0.0334. The molecule has 9 heteroatoms. The van der Waals surface area contributed by atoms with E-state index in [2.05, 4.69) is 11.9 Å². The number of aromatic nitrogens is 1. The molecule has 0 fully saturated rings. The molecular weight excluding hydrogens is 480 g/mol. The molecule has 2 aromatic carbocycles. The van der Waals surface area contributed by atoms with Crippen molar-refractivity contribution in [1.29, 1.82) is 0 Å². The number of ether oxygens (including phenoxy) is 2. The number of amides is 1. The van der Waals surface area contributed by atoms with Crippen LogP contribution in [0.15, 0.2) is 64.3 Å². The SMILES string of the molecule is CCc1ccc2nc(N3C(=O)C(O)=C(C(=O)c4ccc(C)o4)[C@H]3c3ccc(OC)c(OC)c3)sc2c1. The van der Waals surface area contributed by atoms with Crippen molar-refractivity contribution in [3.63, 3.8) is 0 Å². The number of nitrogens with zero attached hydrogens (tertiary/aromatic N) is 2. The van der Waals surface area contributed by atoms with Gasteiger partial charge in [0.1, 0.15) is 5.76 Å². The number of furan rings is 1. The van der Waals surface area contributed by atoms with Crippen LogP contribution in [0.25, 0.3) is 10.2 Å². The van der Waals surface area contributed by atoms with Gasteiger partial charge in [0.25, 0.3) is 5.91 Å². The average molecular weight is 505 g/mol. The number of aliphatic hydroxyl groups excluding tert-OH is 1. The second-order valence-electron chi connectivity index (χ2n) is 8.35. The Bertz CT molecular complexity index is 1530. The van der Waals surface area contributed by atoms with Gasteiger partial charge in [-0.15, -0.1) is 0 Å². The first-order chi connectivity index (χ1) is 17.4. The number of hydrogen-bond donors (Lipinski definition) is 1. The summed E-state index contributed by atoms with van der Waals surface area (Å²) in [6.07, 6.45) is 0.865. The number of aliphatic hydroxyl groups is 1. The van der Waals surface area contributed by atoms with Gasteiger partial charge in [-0.1, -0.05) is 30.4 Å². The highest BCUT2D eigenvalue weighted by atomic mass is 32.1. The van der Waals surface area contributed by atoms with Gasteiger partial charge < -0.3 is 19.0 Å². The van der Waals surface area contributed by atoms with Crippen LogP contribution < -0.4 is 14.4 Å². The zero-order valence-electron chi connectivity index (χ0n) is 20.2. The fourth-order valence-corrected chi connectivity index (χ4v) is 5.40. The van der Waals surface area contributed by atoms with Crippen molar-refractivity contribution in [2.45, 2.75) is 26.3 Å². The summed E-state index contributed by atoms with van der Waals surface area (Å²) in [5.41, 5.74) is 2.33. The van der Waals surface area contributed by atoms with Crippen LogP contribution in [0.4, 0.5) is 5.13 Å². The Morgan fingerprint density at radius 3 is 2.56 bits per heavy atom. The zero-order chi connectivity index (χ0) is 25.6. The number of ketones is 1. The molecule has 1 amide bonds. The average Bonchev–Trinajstić information content (AvgIpc) is 3.58. The highest BCUT2D eigenvalue weighted by Crippen LogP contribution is 2.45. The molecule has 184 valence electrons. The standard InChI is InChI=1S/C27H24N2O6S/c1-5-15-7-9-17-21(12-15)36-27(28-17)29-23(16-8-11-18(33-3)20(13-16)34-4)22(25(31)26(29)32)24(30)19-10-6-14(2)35-19/h6-13,23,31H,5H2,1-4H3/t23-/m1/s1. The maximum absolute atomic E-state index is 13.5. The Hall–Kier alpha value is -4.11. The number of thiazole rings is 1. The molecule has 0 spiro atoms. The van der Waals surface area contributed by atoms with E-state index >= 15 is 0 Å². The third-order valence-electron chi connectivity index (χ3n) is 6.20. The summed E-state index contributed by atoms with van der Waals surface area (Å²) in [6.45, 7) is 3.78. The fraction of sp³-hybridized carbons (Fsp3) is 0.222. The molecule has 3 heterocycles. The number of methoxy groups -OCH3 is 2. The van der Waals surface area contributed by atoms with Crippen LogP contribution in [-0.2, 0) is 11.2 Å². The Morgan fingerprint density at radius 2 is 1.89 bits per heavy atom. The number of carbonyl (C=O) groups excluding carboxylic acids is 2. The first-order valence-corrected chi connectivity index (χ1v) is 12.2. The van der Waals surface area contributed by atoms with Gasteiger partial charge in [-0.25, -0.2) is 4.98 Å². The zero-order valence-corrected chi connectivity index (χ0v) is 21.0. The predicted molar refractivity (Wildman–Crippen MR) is 136 cm³/mol. The summed E-state index contributed by atoms with van der Waals surface area (Å²) in [7, 11) is 3.03. The number of rotatable bonds is 7. The van der Waals surface area contributed by atoms with Gasteiger partial charge >= 0.3 is 0 Å². The lowest BCUT2D eigenvalue weighted by molar-refractivity contribution is -0.117. The van der Waals surface area contributed by atoms with E-state index in [4.69, 9.17) is 13.9 Å². The van der Waals surface area contributed by atoms with Crippen molar-refractivity contribution >= 4 is 38.4 Å². The number of Topliss-reactive ketones (excluding diaryl/α,β-unsaturated/α-hetero) is 1. The van der Waals surface area contributed by atoms with Gasteiger partial charge in [-0.3, -0.25) is 14.5 Å². The lowest BCUT2D eigenvalue weighted by Gasteiger charge is -2.25. The van der Waals surface area contributed by atoms with Gasteiger partial charge in [-0.05, 0) is 60.9 Å². The van der Waals surface area contributed by atoms with Crippen LogP contribution in [0.2, 0.25) is 0 Å². The Kier molecular flexibility index (Phi) is 6.01. The normalized spacial score (nSPS) is 15.7. The lowest BCUT2D eigenvalue weighted by Crippen LogP contribution is -2.31. The second-order valence-corrected chi connectivity index (χ2v) is 9.35. The summed E-state index contributed by atoms with van der Waals surface area (Å²) >= 11 is 1.33. The highest BCUT2D eigenvalue weighted by Gasteiger charge is 2.46. The van der Waals surface area contributed by atoms with Gasteiger partial charge in [0.15, 0.2) is 28.1 Å². The van der Waals surface area contributed by atoms with Crippen LogP contribution in [-0.4, -0.2) is 36.0 Å². The van der Waals surface area contributed by atoms with E-state index in [0.29, 0.717) is 28.0 Å².